The van der Waals surface area contributed by atoms with Crippen molar-refractivity contribution in [2.24, 2.45) is 0 Å². The first-order chi connectivity index (χ1) is 9.36. The summed E-state index contributed by atoms with van der Waals surface area (Å²) in [5.74, 6) is 0.911. The Morgan fingerprint density at radius 3 is 2.58 bits per heavy atom. The van der Waals surface area contributed by atoms with E-state index in [0.717, 1.165) is 29.7 Å². The van der Waals surface area contributed by atoms with Gasteiger partial charge in [0.05, 0.1) is 5.57 Å². The lowest BCUT2D eigenvalue weighted by Crippen LogP contribution is -2.11. The van der Waals surface area contributed by atoms with E-state index in [2.05, 4.69) is 19.1 Å². The molecule has 0 radical (unpaired) electrons. The van der Waals surface area contributed by atoms with Crippen molar-refractivity contribution < 1.29 is 14.5 Å². The second-order valence-electron chi connectivity index (χ2n) is 4.76. The zero-order chi connectivity index (χ0) is 13.5. The van der Waals surface area contributed by atoms with Gasteiger partial charge in [-0.3, -0.25) is 0 Å². The Bertz CT molecular complexity index is 411. The largest absolute Gasteiger partial charge is 0.349 e. The first kappa shape index (κ1) is 14.1. The lowest BCUT2D eigenvalue weighted by atomic mass is 10.0. The van der Waals surface area contributed by atoms with Gasteiger partial charge in [0.15, 0.2) is 5.76 Å². The van der Waals surface area contributed by atoms with Crippen molar-refractivity contribution in [3.05, 3.63) is 41.7 Å². The lowest BCUT2D eigenvalue weighted by molar-refractivity contribution is -0.314. The van der Waals surface area contributed by atoms with Crippen molar-refractivity contribution in [1.29, 1.82) is 0 Å². The highest BCUT2D eigenvalue weighted by Gasteiger charge is 2.30. The van der Waals surface area contributed by atoms with Gasteiger partial charge in [-0.05, 0) is 12.0 Å². The van der Waals surface area contributed by atoms with E-state index in [0.29, 0.717) is 0 Å². The molecule has 1 aliphatic rings. The number of hydrogen-bond acceptors (Lipinski definition) is 3. The summed E-state index contributed by atoms with van der Waals surface area (Å²) in [5.41, 5.74) is 2.14. The van der Waals surface area contributed by atoms with Crippen LogP contribution in [-0.4, -0.2) is 13.4 Å². The molecule has 104 valence electrons. The minimum Gasteiger partial charge on any atom is -0.349 e. The van der Waals surface area contributed by atoms with Crippen LogP contribution in [0.3, 0.4) is 0 Å². The topological polar surface area (TPSA) is 27.7 Å². The van der Waals surface area contributed by atoms with E-state index < -0.39 is 6.29 Å². The molecule has 3 nitrogen and oxygen atoms in total. The first-order valence-corrected chi connectivity index (χ1v) is 7.01. The predicted molar refractivity (Wildman–Crippen MR) is 75.1 cm³/mol. The van der Waals surface area contributed by atoms with Crippen molar-refractivity contribution >= 4 is 5.57 Å². The third-order valence-electron chi connectivity index (χ3n) is 3.33. The van der Waals surface area contributed by atoms with E-state index in [1.54, 1.807) is 7.11 Å². The van der Waals surface area contributed by atoms with Gasteiger partial charge in [-0.15, -0.1) is 0 Å². The highest BCUT2D eigenvalue weighted by molar-refractivity contribution is 5.70. The minimum absolute atomic E-state index is 0.413. The maximum absolute atomic E-state index is 5.36. The van der Waals surface area contributed by atoms with Crippen LogP contribution in [0.15, 0.2) is 36.1 Å². The molecule has 1 aromatic rings. The number of methoxy groups -OCH3 is 1. The summed E-state index contributed by atoms with van der Waals surface area (Å²) in [4.78, 5) is 10.6. The maximum atomic E-state index is 5.36. The standard InChI is InChI=1S/C16H22O3/c1-3-4-5-9-12-14-15(16(17-2)19-18-14)13-10-7-6-8-11-13/h6-8,10-11,16H,3-5,9,12H2,1-2H3. The molecular formula is C16H22O3. The van der Waals surface area contributed by atoms with Gasteiger partial charge in [0.25, 0.3) is 0 Å². The van der Waals surface area contributed by atoms with Crippen LogP contribution in [0.4, 0.5) is 0 Å². The van der Waals surface area contributed by atoms with Crippen molar-refractivity contribution in [3.63, 3.8) is 0 Å². The van der Waals surface area contributed by atoms with Gasteiger partial charge in [-0.25, -0.2) is 0 Å². The SMILES string of the molecule is CCCCCCC1=C(c2ccccc2)C(OC)OO1. The summed E-state index contributed by atoms with van der Waals surface area (Å²) >= 11 is 0. The smallest absolute Gasteiger partial charge is 0.232 e. The van der Waals surface area contributed by atoms with Crippen LogP contribution < -0.4 is 0 Å². The summed E-state index contributed by atoms with van der Waals surface area (Å²) in [5, 5.41) is 0. The molecule has 0 saturated carbocycles. The second kappa shape index (κ2) is 7.31. The van der Waals surface area contributed by atoms with E-state index in [9.17, 15) is 0 Å². The molecule has 0 amide bonds. The zero-order valence-electron chi connectivity index (χ0n) is 11.7. The molecule has 2 rings (SSSR count). The molecular weight excluding hydrogens is 240 g/mol. The minimum atomic E-state index is -0.413. The van der Waals surface area contributed by atoms with E-state index in [1.807, 2.05) is 18.2 Å². The molecule has 0 saturated heterocycles. The van der Waals surface area contributed by atoms with Crippen LogP contribution in [0, 0.1) is 0 Å². The second-order valence-corrected chi connectivity index (χ2v) is 4.76. The number of ether oxygens (including phenoxy) is 1. The van der Waals surface area contributed by atoms with Crippen LogP contribution >= 0.6 is 0 Å². The van der Waals surface area contributed by atoms with Gasteiger partial charge in [0.2, 0.25) is 6.29 Å². The van der Waals surface area contributed by atoms with E-state index in [4.69, 9.17) is 14.5 Å². The number of rotatable bonds is 7. The summed E-state index contributed by atoms with van der Waals surface area (Å²) in [6, 6.07) is 10.2. The average Bonchev–Trinajstić information content (AvgIpc) is 2.87. The van der Waals surface area contributed by atoms with Crippen LogP contribution in [0.25, 0.3) is 5.57 Å². The number of allylic oxidation sites excluding steroid dienone is 1. The third kappa shape index (κ3) is 3.58. The van der Waals surface area contributed by atoms with Crippen molar-refractivity contribution in [3.8, 4) is 0 Å². The van der Waals surface area contributed by atoms with Gasteiger partial charge in [0, 0.05) is 13.5 Å². The molecule has 3 heteroatoms. The summed E-state index contributed by atoms with van der Waals surface area (Å²) in [6.07, 6.45) is 5.35. The van der Waals surface area contributed by atoms with Gasteiger partial charge >= 0.3 is 0 Å². The molecule has 1 heterocycles. The molecule has 0 aromatic heterocycles. The number of hydrogen-bond donors (Lipinski definition) is 0. The molecule has 19 heavy (non-hydrogen) atoms. The molecule has 1 aliphatic heterocycles. The molecule has 1 aromatic carbocycles. The van der Waals surface area contributed by atoms with Crippen LogP contribution in [0.5, 0.6) is 0 Å². The van der Waals surface area contributed by atoms with Gasteiger partial charge in [0.1, 0.15) is 0 Å². The van der Waals surface area contributed by atoms with Gasteiger partial charge in [-0.1, -0.05) is 56.5 Å². The van der Waals surface area contributed by atoms with E-state index >= 15 is 0 Å². The maximum Gasteiger partial charge on any atom is 0.232 e. The summed E-state index contributed by atoms with van der Waals surface area (Å²) in [7, 11) is 1.64. The lowest BCUT2D eigenvalue weighted by Gasteiger charge is -2.09. The summed E-state index contributed by atoms with van der Waals surface area (Å²) < 4.78 is 5.33. The van der Waals surface area contributed by atoms with Crippen LogP contribution in [-0.2, 0) is 14.5 Å². The first-order valence-electron chi connectivity index (χ1n) is 7.01. The fraction of sp³-hybridized carbons (Fsp3) is 0.500. The van der Waals surface area contributed by atoms with E-state index in [-0.39, 0.29) is 0 Å². The Morgan fingerprint density at radius 1 is 1.11 bits per heavy atom. The molecule has 0 spiro atoms. The monoisotopic (exact) mass is 262 g/mol. The Morgan fingerprint density at radius 2 is 1.89 bits per heavy atom. The molecule has 1 unspecified atom stereocenters. The fourth-order valence-electron chi connectivity index (χ4n) is 2.29. The van der Waals surface area contributed by atoms with Gasteiger partial charge in [-0.2, -0.15) is 4.89 Å². The number of benzene rings is 1. The summed E-state index contributed by atoms with van der Waals surface area (Å²) in [6.45, 7) is 2.21. The molecule has 0 bridgehead atoms. The van der Waals surface area contributed by atoms with Gasteiger partial charge < -0.3 is 9.62 Å². The Labute approximate surface area is 115 Å². The normalized spacial score (nSPS) is 18.7. The van der Waals surface area contributed by atoms with Crippen molar-refractivity contribution in [2.45, 2.75) is 45.3 Å². The Kier molecular flexibility index (Phi) is 5.43. The third-order valence-corrected chi connectivity index (χ3v) is 3.33. The van der Waals surface area contributed by atoms with Crippen LogP contribution in [0.1, 0.15) is 44.6 Å². The molecule has 0 N–H and O–H groups in total. The molecule has 0 aliphatic carbocycles. The molecule has 1 atom stereocenters. The quantitative estimate of drug-likeness (QED) is 0.541. The van der Waals surface area contributed by atoms with E-state index in [1.165, 1.54) is 19.3 Å². The van der Waals surface area contributed by atoms with Crippen molar-refractivity contribution in [1.82, 2.24) is 0 Å². The number of unbranched alkanes of at least 4 members (excludes halogenated alkanes) is 3. The highest BCUT2D eigenvalue weighted by Crippen LogP contribution is 2.34. The van der Waals surface area contributed by atoms with Crippen molar-refractivity contribution in [2.75, 3.05) is 7.11 Å². The Balaban J connectivity index is 2.11. The highest BCUT2D eigenvalue weighted by atomic mass is 17.2. The fourth-order valence-corrected chi connectivity index (χ4v) is 2.29. The predicted octanol–water partition coefficient (Wildman–Crippen LogP) is 4.30. The van der Waals surface area contributed by atoms with Crippen LogP contribution in [0.2, 0.25) is 0 Å². The average molecular weight is 262 g/mol. The zero-order valence-corrected chi connectivity index (χ0v) is 11.7. The molecule has 0 fully saturated rings. The Hall–Kier alpha value is -1.32.